The molecule has 0 fully saturated rings. The van der Waals surface area contributed by atoms with E-state index < -0.39 is 5.97 Å². The molecule has 6 nitrogen and oxygen atoms in total. The Balaban J connectivity index is 1.53. The Morgan fingerprint density at radius 3 is 2.42 bits per heavy atom. The first-order valence-electron chi connectivity index (χ1n) is 10.9. The van der Waals surface area contributed by atoms with Crippen molar-refractivity contribution in [1.29, 1.82) is 0 Å². The first kappa shape index (κ1) is 22.1. The average Bonchev–Trinajstić information content (AvgIpc) is 3.20. The van der Waals surface area contributed by atoms with Gasteiger partial charge >= 0.3 is 5.97 Å². The standard InChI is InChI=1S/C27H25NO5/c1-3-30-24-14-13-21(17-25(24)31-4-2)26-28-23(27(29)33-26)16-20-11-8-12-22(15-20)32-18-19-9-6-5-7-10-19/h5-17H,3-4,18H2,1-2H3/b23-16+. The first-order valence-corrected chi connectivity index (χ1v) is 10.9. The van der Waals surface area contributed by atoms with E-state index in [1.165, 1.54) is 0 Å². The molecule has 0 bridgehead atoms. The number of esters is 1. The second kappa shape index (κ2) is 10.5. The zero-order chi connectivity index (χ0) is 23.0. The van der Waals surface area contributed by atoms with Crippen molar-refractivity contribution < 1.29 is 23.7 Å². The molecule has 1 aliphatic heterocycles. The molecule has 3 aromatic carbocycles. The van der Waals surface area contributed by atoms with E-state index in [0.717, 1.165) is 11.1 Å². The molecular formula is C27H25NO5. The van der Waals surface area contributed by atoms with Gasteiger partial charge in [-0.25, -0.2) is 9.79 Å². The first-order chi connectivity index (χ1) is 16.2. The van der Waals surface area contributed by atoms with Crippen molar-refractivity contribution in [2.24, 2.45) is 4.99 Å². The van der Waals surface area contributed by atoms with Crippen LogP contribution in [0.5, 0.6) is 17.2 Å². The second-order valence-corrected chi connectivity index (χ2v) is 7.21. The van der Waals surface area contributed by atoms with Crippen molar-refractivity contribution in [3.05, 3.63) is 95.2 Å². The number of carbonyl (C=O) groups excluding carboxylic acids is 1. The fraction of sp³-hybridized carbons (Fsp3) is 0.185. The Hall–Kier alpha value is -4.06. The molecule has 4 rings (SSSR count). The molecule has 0 amide bonds. The zero-order valence-electron chi connectivity index (χ0n) is 18.6. The molecule has 0 spiro atoms. The van der Waals surface area contributed by atoms with E-state index >= 15 is 0 Å². The van der Waals surface area contributed by atoms with Gasteiger partial charge < -0.3 is 18.9 Å². The minimum absolute atomic E-state index is 0.219. The van der Waals surface area contributed by atoms with Crippen LogP contribution in [0.25, 0.3) is 6.08 Å². The molecule has 1 aliphatic rings. The lowest BCUT2D eigenvalue weighted by molar-refractivity contribution is -0.129. The second-order valence-electron chi connectivity index (χ2n) is 7.21. The summed E-state index contributed by atoms with van der Waals surface area (Å²) in [5, 5.41) is 0. The maximum Gasteiger partial charge on any atom is 0.363 e. The molecule has 0 radical (unpaired) electrons. The van der Waals surface area contributed by atoms with Crippen molar-refractivity contribution in [2.45, 2.75) is 20.5 Å². The van der Waals surface area contributed by atoms with Gasteiger partial charge in [0.1, 0.15) is 12.4 Å². The van der Waals surface area contributed by atoms with Gasteiger partial charge in [-0.15, -0.1) is 0 Å². The number of aliphatic imine (C=N–C) groups is 1. The van der Waals surface area contributed by atoms with Gasteiger partial charge in [0.25, 0.3) is 0 Å². The van der Waals surface area contributed by atoms with Crippen LogP contribution in [0.4, 0.5) is 0 Å². The number of cyclic esters (lactones) is 1. The van der Waals surface area contributed by atoms with Gasteiger partial charge in [0.15, 0.2) is 17.2 Å². The van der Waals surface area contributed by atoms with Crippen LogP contribution < -0.4 is 14.2 Å². The van der Waals surface area contributed by atoms with Crippen molar-refractivity contribution in [3.8, 4) is 17.2 Å². The molecular weight excluding hydrogens is 418 g/mol. The third-order valence-corrected chi connectivity index (χ3v) is 4.82. The number of rotatable bonds is 9. The number of ether oxygens (including phenoxy) is 4. The minimum atomic E-state index is -0.507. The normalized spacial score (nSPS) is 14.1. The predicted octanol–water partition coefficient (Wildman–Crippen LogP) is 5.41. The lowest BCUT2D eigenvalue weighted by Gasteiger charge is -2.11. The highest BCUT2D eigenvalue weighted by Gasteiger charge is 2.25. The SMILES string of the molecule is CCOc1ccc(C2=N/C(=C/c3cccc(OCc4ccccc4)c3)C(=O)O2)cc1OCC. The number of nitrogens with zero attached hydrogens (tertiary/aromatic N) is 1. The highest BCUT2D eigenvalue weighted by atomic mass is 16.6. The fourth-order valence-corrected chi connectivity index (χ4v) is 3.31. The highest BCUT2D eigenvalue weighted by Crippen LogP contribution is 2.30. The van der Waals surface area contributed by atoms with Crippen molar-refractivity contribution in [2.75, 3.05) is 13.2 Å². The highest BCUT2D eigenvalue weighted by molar-refractivity contribution is 6.13. The Labute approximate surface area is 193 Å². The lowest BCUT2D eigenvalue weighted by atomic mass is 10.2. The van der Waals surface area contributed by atoms with Crippen LogP contribution >= 0.6 is 0 Å². The summed E-state index contributed by atoms with van der Waals surface area (Å²) in [6.45, 7) is 5.28. The molecule has 33 heavy (non-hydrogen) atoms. The van der Waals surface area contributed by atoms with Crippen LogP contribution in [0.3, 0.4) is 0 Å². The van der Waals surface area contributed by atoms with E-state index in [0.29, 0.717) is 42.6 Å². The Kier molecular flexibility index (Phi) is 7.05. The molecule has 6 heteroatoms. The average molecular weight is 443 g/mol. The molecule has 0 aromatic heterocycles. The molecule has 0 aliphatic carbocycles. The van der Waals surface area contributed by atoms with E-state index in [9.17, 15) is 4.79 Å². The third-order valence-electron chi connectivity index (χ3n) is 4.82. The van der Waals surface area contributed by atoms with E-state index in [-0.39, 0.29) is 11.6 Å². The van der Waals surface area contributed by atoms with Gasteiger partial charge in [0, 0.05) is 5.56 Å². The molecule has 0 saturated carbocycles. The quantitative estimate of drug-likeness (QED) is 0.327. The topological polar surface area (TPSA) is 66.4 Å². The van der Waals surface area contributed by atoms with E-state index in [1.807, 2.05) is 68.4 Å². The summed E-state index contributed by atoms with van der Waals surface area (Å²) in [5.74, 6) is 1.64. The van der Waals surface area contributed by atoms with E-state index in [1.54, 1.807) is 24.3 Å². The Morgan fingerprint density at radius 1 is 0.848 bits per heavy atom. The van der Waals surface area contributed by atoms with E-state index in [4.69, 9.17) is 18.9 Å². The monoisotopic (exact) mass is 443 g/mol. The van der Waals surface area contributed by atoms with Crippen LogP contribution in [0, 0.1) is 0 Å². The van der Waals surface area contributed by atoms with Crippen LogP contribution in [0.2, 0.25) is 0 Å². The Bertz CT molecular complexity index is 1180. The van der Waals surface area contributed by atoms with Gasteiger partial charge in [0.05, 0.1) is 13.2 Å². The summed E-state index contributed by atoms with van der Waals surface area (Å²) in [7, 11) is 0. The molecule has 168 valence electrons. The largest absolute Gasteiger partial charge is 0.490 e. The van der Waals surface area contributed by atoms with Crippen molar-refractivity contribution in [3.63, 3.8) is 0 Å². The van der Waals surface area contributed by atoms with Gasteiger partial charge in [-0.2, -0.15) is 0 Å². The summed E-state index contributed by atoms with van der Waals surface area (Å²) in [4.78, 5) is 16.8. The number of hydrogen-bond acceptors (Lipinski definition) is 6. The molecule has 0 saturated heterocycles. The number of hydrogen-bond donors (Lipinski definition) is 0. The number of benzene rings is 3. The summed E-state index contributed by atoms with van der Waals surface area (Å²) >= 11 is 0. The van der Waals surface area contributed by atoms with E-state index in [2.05, 4.69) is 4.99 Å². The van der Waals surface area contributed by atoms with Crippen molar-refractivity contribution in [1.82, 2.24) is 0 Å². The molecule has 0 atom stereocenters. The lowest BCUT2D eigenvalue weighted by Crippen LogP contribution is -2.06. The molecule has 1 heterocycles. The summed E-state index contributed by atoms with van der Waals surface area (Å²) in [6, 6.07) is 22.8. The van der Waals surface area contributed by atoms with Gasteiger partial charge in [0.2, 0.25) is 5.90 Å². The van der Waals surface area contributed by atoms with Crippen molar-refractivity contribution >= 4 is 17.9 Å². The van der Waals surface area contributed by atoms with Crippen LogP contribution in [-0.4, -0.2) is 25.1 Å². The number of carbonyl (C=O) groups is 1. The summed E-state index contributed by atoms with van der Waals surface area (Å²) in [5.41, 5.74) is 2.73. The molecule has 3 aromatic rings. The molecule has 0 N–H and O–H groups in total. The minimum Gasteiger partial charge on any atom is -0.490 e. The molecule has 0 unspecified atom stereocenters. The maximum absolute atomic E-state index is 12.4. The van der Waals surface area contributed by atoms with Crippen LogP contribution in [0.15, 0.2) is 83.5 Å². The van der Waals surface area contributed by atoms with Crippen LogP contribution in [-0.2, 0) is 16.1 Å². The fourth-order valence-electron chi connectivity index (χ4n) is 3.31. The van der Waals surface area contributed by atoms with Gasteiger partial charge in [-0.3, -0.25) is 0 Å². The van der Waals surface area contributed by atoms with Gasteiger partial charge in [-0.05, 0) is 61.4 Å². The zero-order valence-corrected chi connectivity index (χ0v) is 18.6. The van der Waals surface area contributed by atoms with Gasteiger partial charge in [-0.1, -0.05) is 42.5 Å². The predicted molar refractivity (Wildman–Crippen MR) is 127 cm³/mol. The Morgan fingerprint density at radius 2 is 1.64 bits per heavy atom. The summed E-state index contributed by atoms with van der Waals surface area (Å²) < 4.78 is 22.5. The maximum atomic E-state index is 12.4. The van der Waals surface area contributed by atoms with Crippen LogP contribution in [0.1, 0.15) is 30.5 Å². The summed E-state index contributed by atoms with van der Waals surface area (Å²) in [6.07, 6.45) is 1.68. The smallest absolute Gasteiger partial charge is 0.363 e. The third kappa shape index (κ3) is 5.60.